The number of nitrogens with one attached hydrogen (secondary N) is 1. The standard InChI is InChI=1S/C10H18N2O2S/c1-12(2)15(13,14)11-7-10-6-8-3-4-9(10)5-8/h3-4,8-11H,5-7H2,1-2H3. The molecule has 1 N–H and O–H groups in total. The van der Waals surface area contributed by atoms with Crippen molar-refractivity contribution in [2.75, 3.05) is 20.6 Å². The zero-order valence-corrected chi connectivity index (χ0v) is 10.00. The van der Waals surface area contributed by atoms with Crippen LogP contribution in [0.4, 0.5) is 0 Å². The van der Waals surface area contributed by atoms with Crippen molar-refractivity contribution >= 4 is 10.2 Å². The van der Waals surface area contributed by atoms with Crippen LogP contribution in [0, 0.1) is 17.8 Å². The molecule has 5 heteroatoms. The summed E-state index contributed by atoms with van der Waals surface area (Å²) in [6, 6.07) is 0. The zero-order valence-electron chi connectivity index (χ0n) is 9.18. The average molecular weight is 230 g/mol. The molecule has 0 aromatic rings. The van der Waals surface area contributed by atoms with Gasteiger partial charge in [0.1, 0.15) is 0 Å². The second-order valence-electron chi connectivity index (χ2n) is 4.68. The van der Waals surface area contributed by atoms with Crippen molar-refractivity contribution in [1.29, 1.82) is 0 Å². The lowest BCUT2D eigenvalue weighted by Gasteiger charge is -2.20. The summed E-state index contributed by atoms with van der Waals surface area (Å²) < 4.78 is 26.8. The van der Waals surface area contributed by atoms with Crippen LogP contribution in [0.2, 0.25) is 0 Å². The minimum Gasteiger partial charge on any atom is -0.202 e. The van der Waals surface area contributed by atoms with Gasteiger partial charge in [-0.15, -0.1) is 0 Å². The van der Waals surface area contributed by atoms with Crippen LogP contribution in [0.5, 0.6) is 0 Å². The van der Waals surface area contributed by atoms with Crippen LogP contribution in [0.1, 0.15) is 12.8 Å². The third-order valence-corrected chi connectivity index (χ3v) is 4.92. The van der Waals surface area contributed by atoms with Crippen molar-refractivity contribution in [2.24, 2.45) is 17.8 Å². The van der Waals surface area contributed by atoms with E-state index in [2.05, 4.69) is 16.9 Å². The molecule has 2 aliphatic carbocycles. The molecule has 0 aromatic heterocycles. The van der Waals surface area contributed by atoms with Gasteiger partial charge in [-0.3, -0.25) is 0 Å². The SMILES string of the molecule is CN(C)S(=O)(=O)NCC1CC2C=CC1C2. The topological polar surface area (TPSA) is 49.4 Å². The molecule has 0 aliphatic heterocycles. The maximum Gasteiger partial charge on any atom is 0.278 e. The summed E-state index contributed by atoms with van der Waals surface area (Å²) in [7, 11) is -0.154. The van der Waals surface area contributed by atoms with Gasteiger partial charge < -0.3 is 0 Å². The van der Waals surface area contributed by atoms with Gasteiger partial charge in [0.2, 0.25) is 0 Å². The highest BCUT2D eigenvalue weighted by atomic mass is 32.2. The van der Waals surface area contributed by atoms with Crippen molar-refractivity contribution in [3.63, 3.8) is 0 Å². The van der Waals surface area contributed by atoms with Crippen LogP contribution in [-0.2, 0) is 10.2 Å². The molecule has 86 valence electrons. The average Bonchev–Trinajstić information content (AvgIpc) is 2.75. The number of nitrogens with zero attached hydrogens (tertiary/aromatic N) is 1. The Bertz CT molecular complexity index is 362. The van der Waals surface area contributed by atoms with Gasteiger partial charge >= 0.3 is 0 Å². The van der Waals surface area contributed by atoms with Gasteiger partial charge in [-0.05, 0) is 30.6 Å². The van der Waals surface area contributed by atoms with E-state index in [9.17, 15) is 8.42 Å². The van der Waals surface area contributed by atoms with E-state index in [0.29, 0.717) is 24.3 Å². The Hall–Kier alpha value is -0.390. The Morgan fingerprint density at radius 1 is 1.33 bits per heavy atom. The quantitative estimate of drug-likeness (QED) is 0.719. The highest BCUT2D eigenvalue weighted by Gasteiger charge is 2.35. The molecule has 1 saturated carbocycles. The third kappa shape index (κ3) is 2.24. The lowest BCUT2D eigenvalue weighted by atomic mass is 9.94. The van der Waals surface area contributed by atoms with E-state index in [0.717, 1.165) is 6.42 Å². The molecule has 0 heterocycles. The second kappa shape index (κ2) is 3.88. The van der Waals surface area contributed by atoms with Gasteiger partial charge in [0.05, 0.1) is 0 Å². The smallest absolute Gasteiger partial charge is 0.202 e. The lowest BCUT2D eigenvalue weighted by Crippen LogP contribution is -2.39. The van der Waals surface area contributed by atoms with E-state index in [1.54, 1.807) is 14.1 Å². The van der Waals surface area contributed by atoms with Crippen LogP contribution < -0.4 is 4.72 Å². The Morgan fingerprint density at radius 3 is 2.53 bits per heavy atom. The first-order chi connectivity index (χ1) is 6.99. The molecule has 15 heavy (non-hydrogen) atoms. The highest BCUT2D eigenvalue weighted by molar-refractivity contribution is 7.87. The first-order valence-electron chi connectivity index (χ1n) is 5.34. The summed E-state index contributed by atoms with van der Waals surface area (Å²) in [4.78, 5) is 0. The van der Waals surface area contributed by atoms with Crippen LogP contribution in [0.25, 0.3) is 0 Å². The maximum atomic E-state index is 11.5. The van der Waals surface area contributed by atoms with Crippen LogP contribution in [0.15, 0.2) is 12.2 Å². The minimum absolute atomic E-state index is 0.495. The van der Waals surface area contributed by atoms with Gasteiger partial charge in [0.25, 0.3) is 10.2 Å². The Balaban J connectivity index is 1.87. The monoisotopic (exact) mass is 230 g/mol. The molecule has 4 nitrogen and oxygen atoms in total. The maximum absolute atomic E-state index is 11.5. The van der Waals surface area contributed by atoms with Gasteiger partial charge in [-0.1, -0.05) is 12.2 Å². The van der Waals surface area contributed by atoms with Crippen molar-refractivity contribution in [3.8, 4) is 0 Å². The summed E-state index contributed by atoms with van der Waals surface area (Å²) in [5.74, 6) is 1.79. The van der Waals surface area contributed by atoms with Crippen molar-refractivity contribution < 1.29 is 8.42 Å². The fourth-order valence-electron chi connectivity index (χ4n) is 2.47. The molecule has 2 rings (SSSR count). The van der Waals surface area contributed by atoms with E-state index in [4.69, 9.17) is 0 Å². The molecule has 0 amide bonds. The van der Waals surface area contributed by atoms with Gasteiger partial charge in [-0.2, -0.15) is 12.7 Å². The minimum atomic E-state index is -3.24. The predicted octanol–water partition coefficient (Wildman–Crippen LogP) is 0.595. The normalized spacial score (nSPS) is 34.2. The Labute approximate surface area is 91.5 Å². The van der Waals surface area contributed by atoms with Crippen LogP contribution in [0.3, 0.4) is 0 Å². The summed E-state index contributed by atoms with van der Waals surface area (Å²) in [6.07, 6.45) is 6.86. The van der Waals surface area contributed by atoms with Crippen molar-refractivity contribution in [3.05, 3.63) is 12.2 Å². The van der Waals surface area contributed by atoms with Crippen molar-refractivity contribution in [2.45, 2.75) is 12.8 Å². The first kappa shape index (κ1) is 11.1. The molecule has 3 atom stereocenters. The molecule has 0 aromatic carbocycles. The zero-order chi connectivity index (χ0) is 11.1. The first-order valence-corrected chi connectivity index (χ1v) is 6.78. The molecule has 0 radical (unpaired) electrons. The molecule has 0 saturated heterocycles. The summed E-state index contributed by atoms with van der Waals surface area (Å²) in [6.45, 7) is 0.575. The third-order valence-electron chi connectivity index (χ3n) is 3.43. The van der Waals surface area contributed by atoms with E-state index in [-0.39, 0.29) is 0 Å². The fraction of sp³-hybridized carbons (Fsp3) is 0.800. The fourth-order valence-corrected chi connectivity index (χ4v) is 3.15. The van der Waals surface area contributed by atoms with Gasteiger partial charge in [0.15, 0.2) is 0 Å². The van der Waals surface area contributed by atoms with E-state index in [1.165, 1.54) is 10.7 Å². The van der Waals surface area contributed by atoms with Gasteiger partial charge in [-0.25, -0.2) is 4.72 Å². The molecule has 2 aliphatic rings. The number of rotatable bonds is 4. The largest absolute Gasteiger partial charge is 0.278 e. The number of hydrogen-bond acceptors (Lipinski definition) is 2. The molecule has 3 unspecified atom stereocenters. The van der Waals surface area contributed by atoms with E-state index < -0.39 is 10.2 Å². The Kier molecular flexibility index (Phi) is 2.87. The molecule has 0 spiro atoms. The van der Waals surface area contributed by atoms with E-state index in [1.807, 2.05) is 0 Å². The predicted molar refractivity (Wildman–Crippen MR) is 59.5 cm³/mol. The van der Waals surface area contributed by atoms with Gasteiger partial charge in [0, 0.05) is 20.6 Å². The second-order valence-corrected chi connectivity index (χ2v) is 6.65. The Morgan fingerprint density at radius 2 is 2.07 bits per heavy atom. The summed E-state index contributed by atoms with van der Waals surface area (Å²) >= 11 is 0. The molecule has 1 fully saturated rings. The molecule has 2 bridgehead atoms. The lowest BCUT2D eigenvalue weighted by molar-refractivity contribution is 0.429. The van der Waals surface area contributed by atoms with Crippen molar-refractivity contribution in [1.82, 2.24) is 9.03 Å². The van der Waals surface area contributed by atoms with Crippen LogP contribution in [-0.4, -0.2) is 33.4 Å². The number of fused-ring (bicyclic) bond motifs is 2. The summed E-state index contributed by atoms with van der Waals surface area (Å²) in [5.41, 5.74) is 0. The molecular formula is C10H18N2O2S. The van der Waals surface area contributed by atoms with Crippen LogP contribution >= 0.6 is 0 Å². The highest BCUT2D eigenvalue weighted by Crippen LogP contribution is 2.42. The number of allylic oxidation sites excluding steroid dienone is 2. The molecular weight excluding hydrogens is 212 g/mol. The summed E-state index contributed by atoms with van der Waals surface area (Å²) in [5, 5.41) is 0. The van der Waals surface area contributed by atoms with E-state index >= 15 is 0 Å². The number of hydrogen-bond donors (Lipinski definition) is 1.